The monoisotopic (exact) mass is 206 g/mol. The van der Waals surface area contributed by atoms with Crippen LogP contribution in [0, 0.1) is 0 Å². The molecule has 0 saturated heterocycles. The zero-order valence-electron chi connectivity index (χ0n) is 9.33. The molecule has 15 heavy (non-hydrogen) atoms. The normalized spacial score (nSPS) is 17.5. The largest absolute Gasteiger partial charge is 0.366 e. The number of hydrogen-bond acceptors (Lipinski definition) is 4. The van der Waals surface area contributed by atoms with Gasteiger partial charge in [-0.05, 0) is 31.2 Å². The van der Waals surface area contributed by atoms with Crippen LogP contribution in [0.15, 0.2) is 12.3 Å². The Balaban J connectivity index is 2.13. The highest BCUT2D eigenvalue weighted by Gasteiger charge is 2.16. The van der Waals surface area contributed by atoms with Gasteiger partial charge in [0.05, 0.1) is 0 Å². The van der Waals surface area contributed by atoms with Crippen LogP contribution in [0.5, 0.6) is 0 Å². The lowest BCUT2D eigenvalue weighted by Crippen LogP contribution is -2.25. The zero-order chi connectivity index (χ0) is 10.8. The van der Waals surface area contributed by atoms with E-state index in [4.69, 9.17) is 5.73 Å². The zero-order valence-corrected chi connectivity index (χ0v) is 9.33. The van der Waals surface area contributed by atoms with Crippen LogP contribution in [0.1, 0.15) is 18.1 Å². The molecule has 0 aromatic carbocycles. The van der Waals surface area contributed by atoms with Gasteiger partial charge in [-0.3, -0.25) is 4.90 Å². The number of hydrogen-bond donors (Lipinski definition) is 2. The fourth-order valence-corrected chi connectivity index (χ4v) is 1.84. The first kappa shape index (κ1) is 10.4. The average molecular weight is 206 g/mol. The maximum absolute atomic E-state index is 5.56. The van der Waals surface area contributed by atoms with E-state index < -0.39 is 0 Å². The van der Waals surface area contributed by atoms with Crippen molar-refractivity contribution in [3.8, 4) is 0 Å². The Labute approximate surface area is 90.5 Å². The molecule has 1 atom stereocenters. The summed E-state index contributed by atoms with van der Waals surface area (Å²) in [5.41, 5.74) is 8.27. The van der Waals surface area contributed by atoms with E-state index in [9.17, 15) is 0 Å². The molecule has 0 spiro atoms. The second kappa shape index (κ2) is 4.16. The van der Waals surface area contributed by atoms with E-state index >= 15 is 0 Å². The molecule has 0 radical (unpaired) electrons. The molecule has 1 aliphatic heterocycles. The highest BCUT2D eigenvalue weighted by Crippen LogP contribution is 2.22. The van der Waals surface area contributed by atoms with Crippen LogP contribution in [0.3, 0.4) is 0 Å². The molecule has 2 heterocycles. The second-order valence-corrected chi connectivity index (χ2v) is 4.29. The molecule has 0 amide bonds. The van der Waals surface area contributed by atoms with Gasteiger partial charge in [0, 0.05) is 31.9 Å². The van der Waals surface area contributed by atoms with Gasteiger partial charge in [-0.15, -0.1) is 0 Å². The van der Waals surface area contributed by atoms with Gasteiger partial charge in [0.25, 0.3) is 0 Å². The number of nitrogens with one attached hydrogen (secondary N) is 1. The minimum Gasteiger partial charge on any atom is -0.366 e. The van der Waals surface area contributed by atoms with Crippen molar-refractivity contribution in [2.75, 3.05) is 18.9 Å². The number of anilines is 1. The second-order valence-electron chi connectivity index (χ2n) is 4.29. The molecule has 4 nitrogen and oxygen atoms in total. The summed E-state index contributed by atoms with van der Waals surface area (Å²) in [7, 11) is 2.12. The Morgan fingerprint density at radius 2 is 2.27 bits per heavy atom. The van der Waals surface area contributed by atoms with Crippen molar-refractivity contribution in [2.24, 2.45) is 5.73 Å². The fraction of sp³-hybridized carbons (Fsp3) is 0.545. The van der Waals surface area contributed by atoms with Gasteiger partial charge in [0.15, 0.2) is 0 Å². The molecule has 3 N–H and O–H groups in total. The lowest BCUT2D eigenvalue weighted by molar-refractivity contribution is 0.353. The first-order chi connectivity index (χ1) is 7.19. The molecule has 0 saturated carbocycles. The van der Waals surface area contributed by atoms with Gasteiger partial charge in [0.1, 0.15) is 5.82 Å². The van der Waals surface area contributed by atoms with E-state index in [2.05, 4.69) is 35.2 Å². The number of aromatic nitrogens is 1. The molecule has 1 aromatic rings. The van der Waals surface area contributed by atoms with Gasteiger partial charge >= 0.3 is 0 Å². The molecule has 0 bridgehead atoms. The fourth-order valence-electron chi connectivity index (χ4n) is 1.84. The van der Waals surface area contributed by atoms with E-state index in [1.165, 1.54) is 11.1 Å². The Hall–Kier alpha value is -1.13. The Morgan fingerprint density at radius 3 is 3.00 bits per heavy atom. The maximum Gasteiger partial charge on any atom is 0.126 e. The van der Waals surface area contributed by atoms with Crippen molar-refractivity contribution >= 4 is 5.82 Å². The van der Waals surface area contributed by atoms with Gasteiger partial charge in [-0.2, -0.15) is 0 Å². The number of nitrogens with two attached hydrogens (primary N) is 1. The number of rotatable bonds is 3. The van der Waals surface area contributed by atoms with Crippen molar-refractivity contribution in [1.29, 1.82) is 0 Å². The van der Waals surface area contributed by atoms with Crippen molar-refractivity contribution in [3.05, 3.63) is 23.4 Å². The van der Waals surface area contributed by atoms with Crippen LogP contribution in [-0.4, -0.2) is 29.5 Å². The lowest BCUT2D eigenvalue weighted by atomic mass is 10.2. The topological polar surface area (TPSA) is 54.2 Å². The summed E-state index contributed by atoms with van der Waals surface area (Å²) in [5.74, 6) is 0.932. The number of nitrogens with zero attached hydrogens (tertiary/aromatic N) is 2. The van der Waals surface area contributed by atoms with E-state index in [1.54, 1.807) is 0 Å². The predicted molar refractivity (Wildman–Crippen MR) is 61.5 cm³/mol. The summed E-state index contributed by atoms with van der Waals surface area (Å²) in [6, 6.07) is 2.40. The third-order valence-corrected chi connectivity index (χ3v) is 2.71. The molecular weight excluding hydrogens is 188 g/mol. The van der Waals surface area contributed by atoms with E-state index in [0.29, 0.717) is 6.54 Å². The molecule has 0 aliphatic carbocycles. The standard InChI is InChI=1S/C11H18N4/c1-8(4-12)14-11-3-9-6-15(2)7-10(9)5-13-11/h3,5,8H,4,6-7,12H2,1-2H3,(H,13,14). The average Bonchev–Trinajstić information content (AvgIpc) is 2.57. The summed E-state index contributed by atoms with van der Waals surface area (Å²) in [5, 5.41) is 3.28. The van der Waals surface area contributed by atoms with Crippen LogP contribution in [0.4, 0.5) is 5.82 Å². The predicted octanol–water partition coefficient (Wildman–Crippen LogP) is 0.786. The summed E-state index contributed by atoms with van der Waals surface area (Å²) >= 11 is 0. The number of fused-ring (bicyclic) bond motifs is 1. The molecule has 82 valence electrons. The van der Waals surface area contributed by atoms with Crippen molar-refractivity contribution in [2.45, 2.75) is 26.1 Å². The quantitative estimate of drug-likeness (QED) is 0.767. The highest BCUT2D eigenvalue weighted by molar-refractivity contribution is 5.43. The Morgan fingerprint density at radius 1 is 1.53 bits per heavy atom. The van der Waals surface area contributed by atoms with Crippen molar-refractivity contribution in [1.82, 2.24) is 9.88 Å². The van der Waals surface area contributed by atoms with Gasteiger partial charge in [-0.25, -0.2) is 4.98 Å². The highest BCUT2D eigenvalue weighted by atomic mass is 15.1. The van der Waals surface area contributed by atoms with Crippen LogP contribution >= 0.6 is 0 Å². The lowest BCUT2D eigenvalue weighted by Gasteiger charge is -2.12. The minimum atomic E-state index is 0.273. The van der Waals surface area contributed by atoms with Crippen LogP contribution < -0.4 is 11.1 Å². The molecule has 2 rings (SSSR count). The number of pyridine rings is 1. The van der Waals surface area contributed by atoms with Crippen molar-refractivity contribution < 1.29 is 0 Å². The summed E-state index contributed by atoms with van der Waals surface area (Å²) in [6.07, 6.45) is 1.96. The first-order valence-corrected chi connectivity index (χ1v) is 5.32. The Kier molecular flexibility index (Phi) is 2.88. The van der Waals surface area contributed by atoms with Gasteiger partial charge < -0.3 is 11.1 Å². The van der Waals surface area contributed by atoms with E-state index in [-0.39, 0.29) is 6.04 Å². The van der Waals surface area contributed by atoms with E-state index in [1.807, 2.05) is 6.20 Å². The molecule has 1 aliphatic rings. The molecule has 1 unspecified atom stereocenters. The smallest absolute Gasteiger partial charge is 0.126 e. The van der Waals surface area contributed by atoms with Crippen LogP contribution in [0.25, 0.3) is 0 Å². The van der Waals surface area contributed by atoms with E-state index in [0.717, 1.165) is 18.9 Å². The SMILES string of the molecule is CC(CN)Nc1cc2c(cn1)CN(C)C2. The summed E-state index contributed by atoms with van der Waals surface area (Å²) in [4.78, 5) is 6.66. The van der Waals surface area contributed by atoms with Gasteiger partial charge in [-0.1, -0.05) is 0 Å². The molecule has 4 heteroatoms. The third-order valence-electron chi connectivity index (χ3n) is 2.71. The van der Waals surface area contributed by atoms with Crippen molar-refractivity contribution in [3.63, 3.8) is 0 Å². The molecule has 1 aromatic heterocycles. The molecular formula is C11H18N4. The molecule has 0 fully saturated rings. The van der Waals surface area contributed by atoms with Crippen LogP contribution in [-0.2, 0) is 13.1 Å². The summed E-state index contributed by atoms with van der Waals surface area (Å²) < 4.78 is 0. The maximum atomic E-state index is 5.56. The summed E-state index contributed by atoms with van der Waals surface area (Å²) in [6.45, 7) is 4.71. The van der Waals surface area contributed by atoms with Gasteiger partial charge in [0.2, 0.25) is 0 Å². The minimum absolute atomic E-state index is 0.273. The Bertz CT molecular complexity index is 350. The third kappa shape index (κ3) is 2.27. The van der Waals surface area contributed by atoms with Crippen LogP contribution in [0.2, 0.25) is 0 Å². The first-order valence-electron chi connectivity index (χ1n) is 5.32.